The van der Waals surface area contributed by atoms with Gasteiger partial charge < -0.3 is 14.9 Å². The first-order chi connectivity index (χ1) is 13.6. The quantitative estimate of drug-likeness (QED) is 0.690. The van der Waals surface area contributed by atoms with E-state index in [9.17, 15) is 5.11 Å². The van der Waals surface area contributed by atoms with Crippen molar-refractivity contribution < 1.29 is 5.11 Å². The van der Waals surface area contributed by atoms with E-state index in [0.717, 1.165) is 54.5 Å². The second-order valence-electron chi connectivity index (χ2n) is 6.69. The SMILES string of the molecule is OCc1ccc(-c2cncc(N3CCN(c4ccc(Cl)c(Cl)c4)CC3)n2)cc1. The second kappa shape index (κ2) is 8.35. The van der Waals surface area contributed by atoms with Crippen LogP contribution in [0.2, 0.25) is 10.0 Å². The highest BCUT2D eigenvalue weighted by molar-refractivity contribution is 6.42. The van der Waals surface area contributed by atoms with E-state index in [4.69, 9.17) is 28.2 Å². The Labute approximate surface area is 174 Å². The smallest absolute Gasteiger partial charge is 0.147 e. The Kier molecular flexibility index (Phi) is 5.67. The molecule has 4 rings (SSSR count). The van der Waals surface area contributed by atoms with Crippen LogP contribution in [0.1, 0.15) is 5.56 Å². The number of hydrogen-bond acceptors (Lipinski definition) is 5. The molecule has 5 nitrogen and oxygen atoms in total. The highest BCUT2D eigenvalue weighted by atomic mass is 35.5. The minimum atomic E-state index is 0.0368. The van der Waals surface area contributed by atoms with E-state index in [1.807, 2.05) is 42.5 Å². The largest absolute Gasteiger partial charge is 0.392 e. The summed E-state index contributed by atoms with van der Waals surface area (Å²) in [5.41, 5.74) is 3.78. The summed E-state index contributed by atoms with van der Waals surface area (Å²) in [7, 11) is 0. The van der Waals surface area contributed by atoms with Gasteiger partial charge in [-0.3, -0.25) is 4.98 Å². The van der Waals surface area contributed by atoms with Crippen LogP contribution in [-0.4, -0.2) is 41.3 Å². The van der Waals surface area contributed by atoms with E-state index < -0.39 is 0 Å². The van der Waals surface area contributed by atoms with Gasteiger partial charge in [-0.05, 0) is 23.8 Å². The summed E-state index contributed by atoms with van der Waals surface area (Å²) in [4.78, 5) is 13.7. The number of piperazine rings is 1. The summed E-state index contributed by atoms with van der Waals surface area (Å²) in [6, 6.07) is 13.5. The molecule has 0 aliphatic carbocycles. The van der Waals surface area contributed by atoms with Crippen molar-refractivity contribution in [3.63, 3.8) is 0 Å². The highest BCUT2D eigenvalue weighted by Crippen LogP contribution is 2.28. The molecular formula is C21H20Cl2N4O. The van der Waals surface area contributed by atoms with Crippen LogP contribution in [0.5, 0.6) is 0 Å². The van der Waals surface area contributed by atoms with Gasteiger partial charge in [0.15, 0.2) is 0 Å². The summed E-state index contributed by atoms with van der Waals surface area (Å²) >= 11 is 12.2. The number of aromatic nitrogens is 2. The minimum absolute atomic E-state index is 0.0368. The average molecular weight is 415 g/mol. The van der Waals surface area contributed by atoms with Crippen molar-refractivity contribution in [2.24, 2.45) is 0 Å². The summed E-state index contributed by atoms with van der Waals surface area (Å²) in [5.74, 6) is 0.873. The van der Waals surface area contributed by atoms with E-state index >= 15 is 0 Å². The van der Waals surface area contributed by atoms with Crippen molar-refractivity contribution >= 4 is 34.7 Å². The molecule has 3 aromatic rings. The Hall–Kier alpha value is -2.34. The third kappa shape index (κ3) is 4.07. The van der Waals surface area contributed by atoms with Gasteiger partial charge in [-0.15, -0.1) is 0 Å². The molecular weight excluding hydrogens is 395 g/mol. The monoisotopic (exact) mass is 414 g/mol. The maximum absolute atomic E-state index is 9.19. The van der Waals surface area contributed by atoms with Gasteiger partial charge >= 0.3 is 0 Å². The first kappa shape index (κ1) is 19.0. The summed E-state index contributed by atoms with van der Waals surface area (Å²) in [5, 5.41) is 10.3. The lowest BCUT2D eigenvalue weighted by Gasteiger charge is -2.36. The number of halogens is 2. The van der Waals surface area contributed by atoms with Crippen molar-refractivity contribution in [3.8, 4) is 11.3 Å². The summed E-state index contributed by atoms with van der Waals surface area (Å²) in [6.07, 6.45) is 3.57. The standard InChI is InChI=1S/C21H20Cl2N4O/c22-18-6-5-17(11-19(18)23)26-7-9-27(10-8-26)21-13-24-12-20(25-21)16-3-1-15(14-28)2-4-16/h1-6,11-13,28H,7-10,14H2. The van der Waals surface area contributed by atoms with E-state index in [0.29, 0.717) is 10.0 Å². The fourth-order valence-corrected chi connectivity index (χ4v) is 3.60. The second-order valence-corrected chi connectivity index (χ2v) is 7.50. The molecule has 2 aromatic carbocycles. The van der Waals surface area contributed by atoms with Crippen molar-refractivity contribution in [1.82, 2.24) is 9.97 Å². The van der Waals surface area contributed by atoms with Crippen LogP contribution >= 0.6 is 23.2 Å². The topological polar surface area (TPSA) is 52.5 Å². The molecule has 144 valence electrons. The molecule has 1 N–H and O–H groups in total. The summed E-state index contributed by atoms with van der Waals surface area (Å²) < 4.78 is 0. The molecule has 1 saturated heterocycles. The van der Waals surface area contributed by atoms with Crippen LogP contribution in [0.15, 0.2) is 54.9 Å². The molecule has 1 aromatic heterocycles. The Bertz CT molecular complexity index is 957. The highest BCUT2D eigenvalue weighted by Gasteiger charge is 2.19. The lowest BCUT2D eigenvalue weighted by atomic mass is 10.1. The van der Waals surface area contributed by atoms with Gasteiger partial charge in [0, 0.05) is 37.4 Å². The van der Waals surface area contributed by atoms with E-state index in [2.05, 4.69) is 14.8 Å². The third-order valence-electron chi connectivity index (χ3n) is 4.93. The van der Waals surface area contributed by atoms with E-state index in [-0.39, 0.29) is 6.61 Å². The maximum atomic E-state index is 9.19. The number of aliphatic hydroxyl groups excluding tert-OH is 1. The Balaban J connectivity index is 1.46. The van der Waals surface area contributed by atoms with Gasteiger partial charge in [0.05, 0.1) is 34.7 Å². The molecule has 7 heteroatoms. The number of nitrogens with zero attached hydrogens (tertiary/aromatic N) is 4. The fraction of sp³-hybridized carbons (Fsp3) is 0.238. The molecule has 0 unspecified atom stereocenters. The van der Waals surface area contributed by atoms with Gasteiger partial charge in [-0.1, -0.05) is 47.5 Å². The zero-order valence-corrected chi connectivity index (χ0v) is 16.7. The van der Waals surface area contributed by atoms with Crippen LogP contribution in [-0.2, 0) is 6.61 Å². The molecule has 2 heterocycles. The third-order valence-corrected chi connectivity index (χ3v) is 5.67. The average Bonchev–Trinajstić information content (AvgIpc) is 2.76. The summed E-state index contributed by atoms with van der Waals surface area (Å²) in [6.45, 7) is 3.48. The first-order valence-electron chi connectivity index (χ1n) is 9.11. The van der Waals surface area contributed by atoms with Gasteiger partial charge in [-0.25, -0.2) is 4.98 Å². The number of benzene rings is 2. The number of aliphatic hydroxyl groups is 1. The van der Waals surface area contributed by atoms with Gasteiger partial charge in [0.1, 0.15) is 5.82 Å². The van der Waals surface area contributed by atoms with Crippen LogP contribution < -0.4 is 9.80 Å². The lowest BCUT2D eigenvalue weighted by molar-refractivity contribution is 0.282. The normalized spacial score (nSPS) is 14.4. The molecule has 0 spiro atoms. The lowest BCUT2D eigenvalue weighted by Crippen LogP contribution is -2.46. The molecule has 0 atom stereocenters. The van der Waals surface area contributed by atoms with Crippen molar-refractivity contribution in [2.45, 2.75) is 6.61 Å². The van der Waals surface area contributed by atoms with E-state index in [1.54, 1.807) is 12.4 Å². The zero-order valence-electron chi connectivity index (χ0n) is 15.2. The number of rotatable bonds is 4. The molecule has 1 fully saturated rings. The Morgan fingerprint density at radius 3 is 2.25 bits per heavy atom. The van der Waals surface area contributed by atoms with E-state index in [1.165, 1.54) is 0 Å². The molecule has 1 aliphatic rings. The molecule has 0 amide bonds. The van der Waals surface area contributed by atoms with Gasteiger partial charge in [-0.2, -0.15) is 0 Å². The Morgan fingerprint density at radius 1 is 0.857 bits per heavy atom. The Morgan fingerprint density at radius 2 is 1.57 bits per heavy atom. The van der Waals surface area contributed by atoms with Crippen molar-refractivity contribution in [2.75, 3.05) is 36.0 Å². The predicted molar refractivity (Wildman–Crippen MR) is 114 cm³/mol. The molecule has 0 saturated carbocycles. The molecule has 1 aliphatic heterocycles. The van der Waals surface area contributed by atoms with Gasteiger partial charge in [0.2, 0.25) is 0 Å². The molecule has 0 bridgehead atoms. The van der Waals surface area contributed by atoms with Crippen molar-refractivity contribution in [1.29, 1.82) is 0 Å². The molecule has 28 heavy (non-hydrogen) atoms. The number of hydrogen-bond donors (Lipinski definition) is 1. The minimum Gasteiger partial charge on any atom is -0.392 e. The van der Waals surface area contributed by atoms with Crippen LogP contribution in [0, 0.1) is 0 Å². The predicted octanol–water partition coefficient (Wildman–Crippen LogP) is 4.27. The van der Waals surface area contributed by atoms with Crippen LogP contribution in [0.25, 0.3) is 11.3 Å². The van der Waals surface area contributed by atoms with Crippen LogP contribution in [0.4, 0.5) is 11.5 Å². The van der Waals surface area contributed by atoms with Crippen molar-refractivity contribution in [3.05, 3.63) is 70.5 Å². The van der Waals surface area contributed by atoms with Crippen LogP contribution in [0.3, 0.4) is 0 Å². The van der Waals surface area contributed by atoms with Gasteiger partial charge in [0.25, 0.3) is 0 Å². The molecule has 0 radical (unpaired) electrons. The first-order valence-corrected chi connectivity index (χ1v) is 9.87. The zero-order chi connectivity index (χ0) is 19.5. The maximum Gasteiger partial charge on any atom is 0.147 e. The fourth-order valence-electron chi connectivity index (χ4n) is 3.30. The number of anilines is 2.